The third-order valence-corrected chi connectivity index (χ3v) is 3.86. The van der Waals surface area contributed by atoms with Crippen molar-refractivity contribution in [2.75, 3.05) is 6.54 Å². The summed E-state index contributed by atoms with van der Waals surface area (Å²) in [5, 5.41) is 4.53. The lowest BCUT2D eigenvalue weighted by Gasteiger charge is -2.34. The Kier molecular flexibility index (Phi) is 3.47. The van der Waals surface area contributed by atoms with E-state index in [1.54, 1.807) is 10.4 Å². The Bertz CT molecular complexity index is 613. The molecule has 6 heteroatoms. The number of piperazine rings is 1. The van der Waals surface area contributed by atoms with Gasteiger partial charge in [-0.2, -0.15) is 0 Å². The van der Waals surface area contributed by atoms with Crippen molar-refractivity contribution in [1.29, 1.82) is 0 Å². The molecular weight excluding hydrogens is 274 g/mol. The molecule has 2 amide bonds. The summed E-state index contributed by atoms with van der Waals surface area (Å²) in [7, 11) is 0. The molecule has 1 saturated heterocycles. The molecule has 3 rings (SSSR count). The van der Waals surface area contributed by atoms with Gasteiger partial charge in [0.15, 0.2) is 0 Å². The molecule has 1 aliphatic heterocycles. The summed E-state index contributed by atoms with van der Waals surface area (Å²) < 4.78 is 0. The van der Waals surface area contributed by atoms with Gasteiger partial charge in [0, 0.05) is 5.38 Å². The van der Waals surface area contributed by atoms with Crippen LogP contribution in [0.2, 0.25) is 0 Å². The monoisotopic (exact) mass is 287 g/mol. The van der Waals surface area contributed by atoms with Gasteiger partial charge in [-0.3, -0.25) is 9.59 Å². The molecule has 0 spiro atoms. The summed E-state index contributed by atoms with van der Waals surface area (Å²) in [6, 6.07) is 8.75. The predicted octanol–water partition coefficient (Wildman–Crippen LogP) is 1.34. The molecule has 0 aliphatic carbocycles. The van der Waals surface area contributed by atoms with Crippen LogP contribution in [0.3, 0.4) is 0 Å². The van der Waals surface area contributed by atoms with Crippen molar-refractivity contribution in [3.63, 3.8) is 0 Å². The maximum Gasteiger partial charge on any atom is 0.247 e. The molecule has 5 nitrogen and oxygen atoms in total. The zero-order valence-corrected chi connectivity index (χ0v) is 11.5. The van der Waals surface area contributed by atoms with Crippen molar-refractivity contribution in [2.45, 2.75) is 12.6 Å². The molecule has 2 heterocycles. The third-order valence-electron chi connectivity index (χ3n) is 3.23. The number of thiazole rings is 1. The van der Waals surface area contributed by atoms with Crippen LogP contribution in [-0.4, -0.2) is 28.2 Å². The van der Waals surface area contributed by atoms with Crippen LogP contribution in [-0.2, 0) is 16.1 Å². The molecule has 102 valence electrons. The Morgan fingerprint density at radius 1 is 1.30 bits per heavy atom. The molecular formula is C14H13N3O2S. The van der Waals surface area contributed by atoms with Gasteiger partial charge < -0.3 is 10.2 Å². The summed E-state index contributed by atoms with van der Waals surface area (Å²) in [5.74, 6) is -0.238. The quantitative estimate of drug-likeness (QED) is 0.926. The van der Waals surface area contributed by atoms with Crippen molar-refractivity contribution in [3.05, 3.63) is 52.5 Å². The van der Waals surface area contributed by atoms with Gasteiger partial charge >= 0.3 is 0 Å². The fraction of sp³-hybridized carbons (Fsp3) is 0.214. The van der Waals surface area contributed by atoms with E-state index >= 15 is 0 Å². The van der Waals surface area contributed by atoms with Gasteiger partial charge in [-0.1, -0.05) is 30.3 Å². The van der Waals surface area contributed by atoms with E-state index in [1.165, 1.54) is 11.3 Å². The normalized spacial score (nSPS) is 19.0. The number of rotatable bonds is 3. The Balaban J connectivity index is 1.93. The van der Waals surface area contributed by atoms with Crippen molar-refractivity contribution < 1.29 is 9.59 Å². The van der Waals surface area contributed by atoms with E-state index in [1.807, 2.05) is 35.7 Å². The van der Waals surface area contributed by atoms with Gasteiger partial charge in [0.1, 0.15) is 6.04 Å². The maximum absolute atomic E-state index is 12.2. The van der Waals surface area contributed by atoms with Crippen LogP contribution >= 0.6 is 11.3 Å². The molecule has 1 fully saturated rings. The van der Waals surface area contributed by atoms with Gasteiger partial charge in [-0.15, -0.1) is 11.3 Å². The average Bonchev–Trinajstić information content (AvgIpc) is 2.97. The minimum Gasteiger partial charge on any atom is -0.345 e. The molecule has 2 aromatic rings. The van der Waals surface area contributed by atoms with Crippen LogP contribution < -0.4 is 5.32 Å². The van der Waals surface area contributed by atoms with Crippen molar-refractivity contribution >= 4 is 23.2 Å². The molecule has 1 N–H and O–H groups in total. The molecule has 0 saturated carbocycles. The number of aromatic nitrogens is 1. The Morgan fingerprint density at radius 2 is 2.10 bits per heavy atom. The SMILES string of the molecule is O=C1NCC(=O)N(Cc2cscn2)C1c1ccccc1. The van der Waals surface area contributed by atoms with E-state index in [4.69, 9.17) is 0 Å². The second kappa shape index (κ2) is 5.42. The van der Waals surface area contributed by atoms with Crippen LogP contribution in [0.1, 0.15) is 17.3 Å². The Morgan fingerprint density at radius 3 is 2.80 bits per heavy atom. The lowest BCUT2D eigenvalue weighted by molar-refractivity contribution is -0.146. The lowest BCUT2D eigenvalue weighted by Crippen LogP contribution is -2.53. The van der Waals surface area contributed by atoms with E-state index in [2.05, 4.69) is 10.3 Å². The number of amides is 2. The first-order valence-corrected chi connectivity index (χ1v) is 7.19. The van der Waals surface area contributed by atoms with Crippen molar-refractivity contribution in [3.8, 4) is 0 Å². The first kappa shape index (κ1) is 12.8. The number of carbonyl (C=O) groups excluding carboxylic acids is 2. The second-order valence-electron chi connectivity index (χ2n) is 4.53. The highest BCUT2D eigenvalue weighted by atomic mass is 32.1. The van der Waals surface area contributed by atoms with Crippen molar-refractivity contribution in [2.24, 2.45) is 0 Å². The van der Waals surface area contributed by atoms with Crippen LogP contribution in [0.5, 0.6) is 0 Å². The van der Waals surface area contributed by atoms with E-state index in [-0.39, 0.29) is 18.4 Å². The Hall–Kier alpha value is -2.21. The van der Waals surface area contributed by atoms with Gasteiger partial charge in [0.05, 0.1) is 24.3 Å². The molecule has 1 aliphatic rings. The number of carbonyl (C=O) groups is 2. The number of nitrogens with one attached hydrogen (secondary N) is 1. The predicted molar refractivity (Wildman–Crippen MR) is 74.9 cm³/mol. The lowest BCUT2D eigenvalue weighted by atomic mass is 10.0. The first-order chi connectivity index (χ1) is 9.75. The van der Waals surface area contributed by atoms with Gasteiger partial charge in [0.2, 0.25) is 11.8 Å². The van der Waals surface area contributed by atoms with Gasteiger partial charge in [0.25, 0.3) is 0 Å². The fourth-order valence-corrected chi connectivity index (χ4v) is 2.83. The van der Waals surface area contributed by atoms with Crippen LogP contribution in [0.15, 0.2) is 41.2 Å². The van der Waals surface area contributed by atoms with Crippen LogP contribution in [0.25, 0.3) is 0 Å². The molecule has 1 unspecified atom stereocenters. The van der Waals surface area contributed by atoms with E-state index < -0.39 is 6.04 Å². The molecule has 0 radical (unpaired) electrons. The minimum absolute atomic E-state index is 0.0479. The van der Waals surface area contributed by atoms with Gasteiger partial charge in [-0.05, 0) is 5.56 Å². The summed E-state index contributed by atoms with van der Waals surface area (Å²) >= 11 is 1.48. The highest BCUT2D eigenvalue weighted by Gasteiger charge is 2.35. The summed E-state index contributed by atoms with van der Waals surface area (Å²) in [4.78, 5) is 30.1. The Labute approximate surface area is 120 Å². The van der Waals surface area contributed by atoms with Crippen LogP contribution in [0.4, 0.5) is 0 Å². The minimum atomic E-state index is -0.584. The highest BCUT2D eigenvalue weighted by Crippen LogP contribution is 2.25. The summed E-state index contributed by atoms with van der Waals surface area (Å²) in [6.07, 6.45) is 0. The number of hydrogen-bond acceptors (Lipinski definition) is 4. The third kappa shape index (κ3) is 2.42. The number of nitrogens with zero attached hydrogens (tertiary/aromatic N) is 2. The van der Waals surface area contributed by atoms with E-state index in [0.717, 1.165) is 11.3 Å². The molecule has 20 heavy (non-hydrogen) atoms. The van der Waals surface area contributed by atoms with E-state index in [0.29, 0.717) is 6.54 Å². The van der Waals surface area contributed by atoms with E-state index in [9.17, 15) is 9.59 Å². The molecule has 1 aromatic heterocycles. The zero-order valence-electron chi connectivity index (χ0n) is 10.7. The standard InChI is InChI=1S/C14H13N3O2S/c18-12-6-15-14(19)13(10-4-2-1-3-5-10)17(12)7-11-8-20-9-16-11/h1-5,8-9,13H,6-7H2,(H,15,19). The number of benzene rings is 1. The summed E-state index contributed by atoms with van der Waals surface area (Å²) in [6.45, 7) is 0.404. The zero-order chi connectivity index (χ0) is 13.9. The fourth-order valence-electron chi connectivity index (χ4n) is 2.28. The molecule has 1 aromatic carbocycles. The summed E-state index contributed by atoms with van der Waals surface area (Å²) in [5.41, 5.74) is 3.34. The first-order valence-electron chi connectivity index (χ1n) is 6.25. The average molecular weight is 287 g/mol. The van der Waals surface area contributed by atoms with Gasteiger partial charge in [-0.25, -0.2) is 4.98 Å². The highest BCUT2D eigenvalue weighted by molar-refractivity contribution is 7.07. The van der Waals surface area contributed by atoms with Crippen molar-refractivity contribution in [1.82, 2.24) is 15.2 Å². The van der Waals surface area contributed by atoms with Crippen LogP contribution in [0, 0.1) is 0 Å². The smallest absolute Gasteiger partial charge is 0.247 e. The molecule has 1 atom stereocenters. The topological polar surface area (TPSA) is 62.3 Å². The maximum atomic E-state index is 12.2. The number of hydrogen-bond donors (Lipinski definition) is 1. The second-order valence-corrected chi connectivity index (χ2v) is 5.25. The molecule has 0 bridgehead atoms. The largest absolute Gasteiger partial charge is 0.345 e.